The maximum atomic E-state index is 6.39. The first-order chi connectivity index (χ1) is 16.0. The number of hydrogen-bond acceptors (Lipinski definition) is 2. The quantitative estimate of drug-likeness (QED) is 0.287. The molecule has 0 aliphatic rings. The third-order valence-electron chi connectivity index (χ3n) is 5.44. The van der Waals surface area contributed by atoms with E-state index >= 15 is 0 Å². The Labute approximate surface area is 203 Å². The standard InChI is InChI=1S/C30H30O2Se/c1-21-15-23(3)29(31-19-25-11-7-5-8-12-25)27(17-21)33-28-18-22(2)16-24(4)30(28)32-20-26-13-9-6-10-14-26/h5-18H,19-20H2,1-4H3. The molecule has 0 aromatic heterocycles. The zero-order valence-electron chi connectivity index (χ0n) is 19.7. The van der Waals surface area contributed by atoms with Crippen molar-refractivity contribution in [2.45, 2.75) is 40.9 Å². The second-order valence-corrected chi connectivity index (χ2v) is 10.7. The number of rotatable bonds is 8. The Kier molecular flexibility index (Phi) is 7.54. The summed E-state index contributed by atoms with van der Waals surface area (Å²) in [6, 6.07) is 29.6. The van der Waals surface area contributed by atoms with Crippen LogP contribution in [0, 0.1) is 27.7 Å². The fraction of sp³-hybridized carbons (Fsp3) is 0.200. The summed E-state index contributed by atoms with van der Waals surface area (Å²) < 4.78 is 15.3. The second-order valence-electron chi connectivity index (χ2n) is 8.47. The van der Waals surface area contributed by atoms with Crippen LogP contribution < -0.4 is 18.4 Å². The van der Waals surface area contributed by atoms with Crippen LogP contribution in [-0.4, -0.2) is 15.0 Å². The van der Waals surface area contributed by atoms with E-state index in [1.165, 1.54) is 42.3 Å². The summed E-state index contributed by atoms with van der Waals surface area (Å²) in [6.07, 6.45) is 0. The van der Waals surface area contributed by atoms with Gasteiger partial charge in [0.15, 0.2) is 0 Å². The molecule has 33 heavy (non-hydrogen) atoms. The van der Waals surface area contributed by atoms with Crippen LogP contribution in [0.4, 0.5) is 0 Å². The molecule has 0 spiro atoms. The number of ether oxygens (including phenoxy) is 2. The molecular formula is C30H30O2Se. The molecule has 3 heteroatoms. The van der Waals surface area contributed by atoms with E-state index in [-0.39, 0.29) is 15.0 Å². The molecule has 0 bridgehead atoms. The van der Waals surface area contributed by atoms with Gasteiger partial charge < -0.3 is 0 Å². The third-order valence-corrected chi connectivity index (χ3v) is 7.64. The number of hydrogen-bond donors (Lipinski definition) is 0. The van der Waals surface area contributed by atoms with Crippen LogP contribution in [0.15, 0.2) is 84.9 Å². The molecule has 4 aromatic carbocycles. The molecule has 168 valence electrons. The molecule has 0 N–H and O–H groups in total. The Hall–Kier alpha value is -3.00. The Morgan fingerprint density at radius 2 is 0.939 bits per heavy atom. The van der Waals surface area contributed by atoms with Crippen molar-refractivity contribution in [2.75, 3.05) is 0 Å². The predicted octanol–water partition coefficient (Wildman–Crippen LogP) is 5.73. The van der Waals surface area contributed by atoms with E-state index in [4.69, 9.17) is 9.47 Å². The maximum absolute atomic E-state index is 6.39. The van der Waals surface area contributed by atoms with Crippen molar-refractivity contribution in [1.29, 1.82) is 0 Å². The van der Waals surface area contributed by atoms with Gasteiger partial charge in [0.1, 0.15) is 0 Å². The molecule has 0 fully saturated rings. The Bertz CT molecular complexity index is 1120. The molecule has 4 rings (SSSR count). The Morgan fingerprint density at radius 1 is 0.545 bits per heavy atom. The van der Waals surface area contributed by atoms with E-state index in [9.17, 15) is 0 Å². The first kappa shape index (κ1) is 23.2. The van der Waals surface area contributed by atoms with E-state index in [0.717, 1.165) is 11.5 Å². The molecule has 0 aliphatic heterocycles. The molecule has 0 heterocycles. The molecular weight excluding hydrogens is 471 g/mol. The molecule has 0 amide bonds. The van der Waals surface area contributed by atoms with Gasteiger partial charge in [-0.15, -0.1) is 0 Å². The monoisotopic (exact) mass is 502 g/mol. The van der Waals surface area contributed by atoms with Gasteiger partial charge in [-0.2, -0.15) is 0 Å². The summed E-state index contributed by atoms with van der Waals surface area (Å²) in [6.45, 7) is 9.72. The van der Waals surface area contributed by atoms with E-state index in [0.29, 0.717) is 13.2 Å². The topological polar surface area (TPSA) is 18.5 Å². The molecule has 0 atom stereocenters. The van der Waals surface area contributed by atoms with Gasteiger partial charge >= 0.3 is 204 Å². The van der Waals surface area contributed by atoms with Crippen molar-refractivity contribution in [3.63, 3.8) is 0 Å². The first-order valence-electron chi connectivity index (χ1n) is 11.2. The van der Waals surface area contributed by atoms with Gasteiger partial charge in [0.05, 0.1) is 0 Å². The number of benzene rings is 4. The second kappa shape index (κ2) is 10.7. The SMILES string of the molecule is Cc1cc(C)c(OCc2ccccc2)c([Se]c2cc(C)cc(C)c2OCc2ccccc2)c1. The van der Waals surface area contributed by atoms with Crippen LogP contribution in [0.25, 0.3) is 0 Å². The van der Waals surface area contributed by atoms with Crippen molar-refractivity contribution in [3.8, 4) is 11.5 Å². The van der Waals surface area contributed by atoms with Crippen LogP contribution >= 0.6 is 0 Å². The summed E-state index contributed by atoms with van der Waals surface area (Å²) >= 11 is 0.0472. The van der Waals surface area contributed by atoms with Crippen LogP contribution in [0.5, 0.6) is 11.5 Å². The van der Waals surface area contributed by atoms with Crippen LogP contribution in [0.3, 0.4) is 0 Å². The average Bonchev–Trinajstić information content (AvgIpc) is 2.79. The van der Waals surface area contributed by atoms with Crippen molar-refractivity contribution in [3.05, 3.63) is 118 Å². The normalized spacial score (nSPS) is 10.8. The fourth-order valence-electron chi connectivity index (χ4n) is 3.93. The van der Waals surface area contributed by atoms with E-state index < -0.39 is 0 Å². The summed E-state index contributed by atoms with van der Waals surface area (Å²) in [4.78, 5) is 0. The van der Waals surface area contributed by atoms with Crippen molar-refractivity contribution >= 4 is 23.9 Å². The van der Waals surface area contributed by atoms with Gasteiger partial charge in [0.25, 0.3) is 0 Å². The van der Waals surface area contributed by atoms with Crippen molar-refractivity contribution < 1.29 is 9.47 Å². The summed E-state index contributed by atoms with van der Waals surface area (Å²) in [7, 11) is 0. The zero-order chi connectivity index (χ0) is 23.2. The van der Waals surface area contributed by atoms with E-state index in [2.05, 4.69) is 100 Å². The van der Waals surface area contributed by atoms with E-state index in [1.54, 1.807) is 0 Å². The van der Waals surface area contributed by atoms with Gasteiger partial charge in [-0.05, 0) is 0 Å². The van der Waals surface area contributed by atoms with Crippen LogP contribution in [0.2, 0.25) is 0 Å². The van der Waals surface area contributed by atoms with Gasteiger partial charge in [-0.25, -0.2) is 0 Å². The van der Waals surface area contributed by atoms with Gasteiger partial charge in [0.2, 0.25) is 0 Å². The number of aryl methyl sites for hydroxylation is 4. The van der Waals surface area contributed by atoms with Gasteiger partial charge in [0, 0.05) is 0 Å². The summed E-state index contributed by atoms with van der Waals surface area (Å²) in [5.74, 6) is 2.00. The first-order valence-corrected chi connectivity index (χ1v) is 12.9. The Morgan fingerprint density at radius 3 is 1.33 bits per heavy atom. The van der Waals surface area contributed by atoms with Crippen LogP contribution in [-0.2, 0) is 13.2 Å². The minimum atomic E-state index is 0.0472. The summed E-state index contributed by atoms with van der Waals surface area (Å²) in [5.41, 5.74) is 7.22. The van der Waals surface area contributed by atoms with Crippen LogP contribution in [0.1, 0.15) is 33.4 Å². The minimum absolute atomic E-state index is 0.0472. The van der Waals surface area contributed by atoms with Gasteiger partial charge in [-0.3, -0.25) is 0 Å². The molecule has 2 nitrogen and oxygen atoms in total. The van der Waals surface area contributed by atoms with E-state index in [1.807, 2.05) is 12.1 Å². The molecule has 0 unspecified atom stereocenters. The predicted molar refractivity (Wildman–Crippen MR) is 138 cm³/mol. The zero-order valence-corrected chi connectivity index (χ0v) is 21.4. The third kappa shape index (κ3) is 6.07. The summed E-state index contributed by atoms with van der Waals surface area (Å²) in [5, 5.41) is 0. The molecule has 0 aliphatic carbocycles. The van der Waals surface area contributed by atoms with Crippen molar-refractivity contribution in [1.82, 2.24) is 0 Å². The molecule has 0 saturated heterocycles. The van der Waals surface area contributed by atoms with Crippen molar-refractivity contribution in [2.24, 2.45) is 0 Å². The fourth-order valence-corrected chi connectivity index (χ4v) is 6.77. The molecule has 0 radical (unpaired) electrons. The Balaban J connectivity index is 1.64. The average molecular weight is 502 g/mol. The molecule has 0 saturated carbocycles. The van der Waals surface area contributed by atoms with Gasteiger partial charge in [-0.1, -0.05) is 0 Å². The molecule has 4 aromatic rings.